The van der Waals surface area contributed by atoms with Gasteiger partial charge in [-0.1, -0.05) is 30.7 Å². The number of anilines is 2. The van der Waals surface area contributed by atoms with E-state index in [1.54, 1.807) is 25.1 Å². The SMILES string of the molecule is CCC(=O)Nc1cccc(NCc2ccc(Cl)cc2F)c1. The minimum Gasteiger partial charge on any atom is -0.381 e. The van der Waals surface area contributed by atoms with Crippen LogP contribution >= 0.6 is 11.6 Å². The van der Waals surface area contributed by atoms with Crippen LogP contribution in [-0.2, 0) is 11.3 Å². The summed E-state index contributed by atoms with van der Waals surface area (Å²) in [5.74, 6) is -0.388. The molecule has 5 heteroatoms. The van der Waals surface area contributed by atoms with Crippen LogP contribution in [0.25, 0.3) is 0 Å². The number of hydrogen-bond acceptors (Lipinski definition) is 2. The summed E-state index contributed by atoms with van der Waals surface area (Å²) in [6.07, 6.45) is 0.424. The van der Waals surface area contributed by atoms with Gasteiger partial charge < -0.3 is 10.6 Å². The molecule has 0 spiro atoms. The lowest BCUT2D eigenvalue weighted by Crippen LogP contribution is -2.09. The Morgan fingerprint density at radius 3 is 2.67 bits per heavy atom. The van der Waals surface area contributed by atoms with E-state index in [-0.39, 0.29) is 11.7 Å². The third kappa shape index (κ3) is 4.46. The van der Waals surface area contributed by atoms with E-state index in [4.69, 9.17) is 11.6 Å². The molecule has 0 bridgehead atoms. The zero-order valence-corrected chi connectivity index (χ0v) is 12.4. The zero-order valence-electron chi connectivity index (χ0n) is 11.6. The molecule has 0 radical (unpaired) electrons. The van der Waals surface area contributed by atoms with Crippen LogP contribution in [-0.4, -0.2) is 5.91 Å². The van der Waals surface area contributed by atoms with Crippen molar-refractivity contribution >= 4 is 28.9 Å². The highest BCUT2D eigenvalue weighted by molar-refractivity contribution is 6.30. The molecule has 2 rings (SSSR count). The average molecular weight is 307 g/mol. The fourth-order valence-corrected chi connectivity index (χ4v) is 1.98. The molecule has 0 fully saturated rings. The highest BCUT2D eigenvalue weighted by Gasteiger charge is 2.04. The van der Waals surface area contributed by atoms with Crippen LogP contribution < -0.4 is 10.6 Å². The van der Waals surface area contributed by atoms with Crippen LogP contribution in [0.2, 0.25) is 5.02 Å². The maximum Gasteiger partial charge on any atom is 0.224 e. The number of amides is 1. The van der Waals surface area contributed by atoms with Crippen molar-refractivity contribution in [2.24, 2.45) is 0 Å². The Morgan fingerprint density at radius 2 is 1.95 bits per heavy atom. The van der Waals surface area contributed by atoms with Gasteiger partial charge in [0.25, 0.3) is 0 Å². The Balaban J connectivity index is 2.03. The Bertz CT molecular complexity index is 646. The van der Waals surface area contributed by atoms with Crippen LogP contribution in [0.5, 0.6) is 0 Å². The number of hydrogen-bond donors (Lipinski definition) is 2. The topological polar surface area (TPSA) is 41.1 Å². The summed E-state index contributed by atoms with van der Waals surface area (Å²) in [7, 11) is 0. The summed E-state index contributed by atoms with van der Waals surface area (Å²) in [6.45, 7) is 2.13. The molecule has 2 aromatic rings. The number of benzene rings is 2. The first-order valence-electron chi connectivity index (χ1n) is 6.66. The third-order valence-electron chi connectivity index (χ3n) is 2.97. The Morgan fingerprint density at radius 1 is 1.19 bits per heavy atom. The molecular formula is C16H16ClFN2O. The van der Waals surface area contributed by atoms with Crippen molar-refractivity contribution < 1.29 is 9.18 Å². The molecule has 110 valence electrons. The summed E-state index contributed by atoms with van der Waals surface area (Å²) in [5, 5.41) is 6.27. The minimum atomic E-state index is -0.342. The van der Waals surface area contributed by atoms with Crippen LogP contribution in [0.15, 0.2) is 42.5 Å². The van der Waals surface area contributed by atoms with Gasteiger partial charge in [-0.2, -0.15) is 0 Å². The van der Waals surface area contributed by atoms with Gasteiger partial charge in [0.15, 0.2) is 0 Å². The molecule has 0 saturated heterocycles. The van der Waals surface area contributed by atoms with Crippen molar-refractivity contribution in [3.63, 3.8) is 0 Å². The fourth-order valence-electron chi connectivity index (χ4n) is 1.82. The van der Waals surface area contributed by atoms with E-state index in [0.717, 1.165) is 5.69 Å². The van der Waals surface area contributed by atoms with Gasteiger partial charge in [0, 0.05) is 34.9 Å². The van der Waals surface area contributed by atoms with E-state index in [1.165, 1.54) is 6.07 Å². The molecule has 0 aliphatic rings. The maximum absolute atomic E-state index is 13.7. The smallest absolute Gasteiger partial charge is 0.224 e. The quantitative estimate of drug-likeness (QED) is 0.857. The molecule has 0 aromatic heterocycles. The molecule has 2 aromatic carbocycles. The van der Waals surface area contributed by atoms with E-state index < -0.39 is 0 Å². The van der Waals surface area contributed by atoms with Crippen molar-refractivity contribution in [2.75, 3.05) is 10.6 Å². The minimum absolute atomic E-state index is 0.0455. The molecule has 0 unspecified atom stereocenters. The second-order valence-corrected chi connectivity index (χ2v) is 5.01. The second kappa shape index (κ2) is 7.09. The summed E-state index contributed by atoms with van der Waals surface area (Å²) >= 11 is 5.72. The maximum atomic E-state index is 13.7. The molecule has 0 atom stereocenters. The van der Waals surface area contributed by atoms with Gasteiger partial charge >= 0.3 is 0 Å². The molecule has 21 heavy (non-hydrogen) atoms. The standard InChI is InChI=1S/C16H16ClFN2O/c1-2-16(21)20-14-5-3-4-13(9-14)19-10-11-6-7-12(17)8-15(11)18/h3-9,19H,2,10H2,1H3,(H,20,21). The van der Waals surface area contributed by atoms with Crippen molar-refractivity contribution in [1.29, 1.82) is 0 Å². The van der Waals surface area contributed by atoms with Crippen molar-refractivity contribution in [2.45, 2.75) is 19.9 Å². The van der Waals surface area contributed by atoms with Gasteiger partial charge in [-0.15, -0.1) is 0 Å². The van der Waals surface area contributed by atoms with Gasteiger partial charge in [-0.05, 0) is 30.3 Å². The number of rotatable bonds is 5. The highest BCUT2D eigenvalue weighted by atomic mass is 35.5. The Hall–Kier alpha value is -2.07. The highest BCUT2D eigenvalue weighted by Crippen LogP contribution is 2.18. The van der Waals surface area contributed by atoms with Gasteiger partial charge in [0.2, 0.25) is 5.91 Å². The number of halogens is 2. The first kappa shape index (κ1) is 15.3. The van der Waals surface area contributed by atoms with Crippen molar-refractivity contribution in [3.8, 4) is 0 Å². The van der Waals surface area contributed by atoms with E-state index >= 15 is 0 Å². The molecule has 0 aliphatic heterocycles. The summed E-state index contributed by atoms with van der Waals surface area (Å²) in [5.41, 5.74) is 2.05. The largest absolute Gasteiger partial charge is 0.381 e. The van der Waals surface area contributed by atoms with Gasteiger partial charge in [0.05, 0.1) is 0 Å². The summed E-state index contributed by atoms with van der Waals surface area (Å²) < 4.78 is 13.7. The molecule has 3 nitrogen and oxygen atoms in total. The summed E-state index contributed by atoms with van der Waals surface area (Å²) in [6, 6.07) is 11.9. The van der Waals surface area contributed by atoms with E-state index in [0.29, 0.717) is 29.2 Å². The zero-order chi connectivity index (χ0) is 15.2. The predicted molar refractivity (Wildman–Crippen MR) is 84.1 cm³/mol. The molecule has 0 saturated carbocycles. The number of carbonyl (C=O) groups excluding carboxylic acids is 1. The normalized spacial score (nSPS) is 10.2. The van der Waals surface area contributed by atoms with Crippen LogP contribution in [0, 0.1) is 5.82 Å². The predicted octanol–water partition coefficient (Wildman–Crippen LogP) is 4.44. The van der Waals surface area contributed by atoms with Crippen LogP contribution in [0.4, 0.5) is 15.8 Å². The molecule has 2 N–H and O–H groups in total. The third-order valence-corrected chi connectivity index (χ3v) is 3.20. The lowest BCUT2D eigenvalue weighted by molar-refractivity contribution is -0.115. The second-order valence-electron chi connectivity index (χ2n) is 4.57. The average Bonchev–Trinajstić information content (AvgIpc) is 2.46. The Labute approximate surface area is 128 Å². The lowest BCUT2D eigenvalue weighted by atomic mass is 10.2. The van der Waals surface area contributed by atoms with Gasteiger partial charge in [0.1, 0.15) is 5.82 Å². The van der Waals surface area contributed by atoms with Gasteiger partial charge in [-0.25, -0.2) is 4.39 Å². The van der Waals surface area contributed by atoms with E-state index in [9.17, 15) is 9.18 Å². The molecule has 0 heterocycles. The fraction of sp³-hybridized carbons (Fsp3) is 0.188. The molecule has 1 amide bonds. The van der Waals surface area contributed by atoms with Gasteiger partial charge in [-0.3, -0.25) is 4.79 Å². The lowest BCUT2D eigenvalue weighted by Gasteiger charge is -2.10. The van der Waals surface area contributed by atoms with E-state index in [1.807, 2.05) is 18.2 Å². The molecular weight excluding hydrogens is 291 g/mol. The monoisotopic (exact) mass is 306 g/mol. The van der Waals surface area contributed by atoms with Crippen LogP contribution in [0.1, 0.15) is 18.9 Å². The van der Waals surface area contributed by atoms with Crippen molar-refractivity contribution in [1.82, 2.24) is 0 Å². The summed E-state index contributed by atoms with van der Waals surface area (Å²) in [4.78, 5) is 11.4. The first-order chi connectivity index (χ1) is 10.1. The van der Waals surface area contributed by atoms with Crippen LogP contribution in [0.3, 0.4) is 0 Å². The number of carbonyl (C=O) groups is 1. The first-order valence-corrected chi connectivity index (χ1v) is 7.04. The van der Waals surface area contributed by atoms with E-state index in [2.05, 4.69) is 10.6 Å². The van der Waals surface area contributed by atoms with Crippen molar-refractivity contribution in [3.05, 3.63) is 58.9 Å². The Kier molecular flexibility index (Phi) is 5.17. The molecule has 0 aliphatic carbocycles. The number of nitrogens with one attached hydrogen (secondary N) is 2.